The Morgan fingerprint density at radius 3 is 2.62 bits per heavy atom. The number of carboxylic acids is 1. The van der Waals surface area contributed by atoms with Crippen molar-refractivity contribution in [1.82, 2.24) is 14.2 Å². The predicted octanol–water partition coefficient (Wildman–Crippen LogP) is 0.936. The van der Waals surface area contributed by atoms with Crippen LogP contribution in [0.2, 0.25) is 0 Å². The summed E-state index contributed by atoms with van der Waals surface area (Å²) in [7, 11) is 0. The van der Waals surface area contributed by atoms with Gasteiger partial charge in [-0.15, -0.1) is 5.10 Å². The molecule has 0 fully saturated rings. The van der Waals surface area contributed by atoms with Crippen LogP contribution in [0.4, 0.5) is 0 Å². The minimum atomic E-state index is -1.19. The maximum Gasteiger partial charge on any atom is 0.325 e. The van der Waals surface area contributed by atoms with E-state index >= 15 is 0 Å². The molecule has 7 nitrogen and oxygen atoms in total. The van der Waals surface area contributed by atoms with Gasteiger partial charge in [-0.05, 0) is 12.1 Å². The van der Waals surface area contributed by atoms with Gasteiger partial charge in [-0.2, -0.15) is 0 Å². The fourth-order valence-corrected chi connectivity index (χ4v) is 2.34. The average molecular weight is 285 g/mol. The van der Waals surface area contributed by atoms with Crippen LogP contribution in [0.1, 0.15) is 17.5 Å². The van der Waals surface area contributed by atoms with E-state index in [2.05, 4.69) is 5.10 Å². The lowest BCUT2D eigenvalue weighted by Crippen LogP contribution is -2.30. The number of benzene rings is 1. The van der Waals surface area contributed by atoms with Crippen LogP contribution in [-0.4, -0.2) is 31.0 Å². The molecule has 0 saturated heterocycles. The molecule has 0 radical (unpaired) electrons. The van der Waals surface area contributed by atoms with Gasteiger partial charge in [-0.1, -0.05) is 18.2 Å². The Balaban J connectivity index is 2.49. The number of nitrogens with zero attached hydrogens (tertiary/aromatic N) is 3. The van der Waals surface area contributed by atoms with Gasteiger partial charge < -0.3 is 5.11 Å². The zero-order valence-corrected chi connectivity index (χ0v) is 11.1. The number of carbonyl (C=O) groups excluding carboxylic acids is 1. The van der Waals surface area contributed by atoms with Crippen LogP contribution in [0, 0.1) is 0 Å². The molecule has 0 unspecified atom stereocenters. The second-order valence-corrected chi connectivity index (χ2v) is 4.66. The van der Waals surface area contributed by atoms with Gasteiger partial charge in [0.2, 0.25) is 5.82 Å². The Bertz CT molecular complexity index is 952. The summed E-state index contributed by atoms with van der Waals surface area (Å²) in [6, 6.07) is 8.83. The molecule has 7 heteroatoms. The predicted molar refractivity (Wildman–Crippen MR) is 74.6 cm³/mol. The molecular formula is C14H11N3O4. The van der Waals surface area contributed by atoms with Crippen molar-refractivity contribution in [2.45, 2.75) is 13.5 Å². The van der Waals surface area contributed by atoms with Crippen molar-refractivity contribution < 1.29 is 14.7 Å². The molecule has 21 heavy (non-hydrogen) atoms. The molecule has 0 atom stereocenters. The first-order chi connectivity index (χ1) is 9.99. The summed E-state index contributed by atoms with van der Waals surface area (Å²) in [5, 5.41) is 13.5. The first-order valence-corrected chi connectivity index (χ1v) is 6.23. The number of fused-ring (bicyclic) bond motifs is 3. The lowest BCUT2D eigenvalue weighted by Gasteiger charge is -2.07. The van der Waals surface area contributed by atoms with Gasteiger partial charge in [0.25, 0.3) is 5.56 Å². The highest BCUT2D eigenvalue weighted by Crippen LogP contribution is 2.19. The van der Waals surface area contributed by atoms with E-state index in [0.29, 0.717) is 5.52 Å². The lowest BCUT2D eigenvalue weighted by atomic mass is 10.2. The topological polar surface area (TPSA) is 93.7 Å². The van der Waals surface area contributed by atoms with E-state index in [0.717, 1.165) is 10.1 Å². The quantitative estimate of drug-likeness (QED) is 0.723. The van der Waals surface area contributed by atoms with E-state index in [1.165, 1.54) is 11.3 Å². The molecule has 0 bridgehead atoms. The van der Waals surface area contributed by atoms with Crippen LogP contribution in [0.3, 0.4) is 0 Å². The van der Waals surface area contributed by atoms with Crippen LogP contribution < -0.4 is 5.56 Å². The van der Waals surface area contributed by atoms with Crippen molar-refractivity contribution in [3.63, 3.8) is 0 Å². The van der Waals surface area contributed by atoms with Crippen LogP contribution in [0.5, 0.6) is 0 Å². The molecule has 1 N–H and O–H groups in total. The van der Waals surface area contributed by atoms with Crippen LogP contribution in [0.15, 0.2) is 35.1 Å². The van der Waals surface area contributed by atoms with Crippen molar-refractivity contribution in [2.75, 3.05) is 0 Å². The summed E-state index contributed by atoms with van der Waals surface area (Å²) in [5.74, 6) is -1.51. The van der Waals surface area contributed by atoms with E-state index in [4.69, 9.17) is 5.11 Å². The van der Waals surface area contributed by atoms with Gasteiger partial charge in [0.15, 0.2) is 5.78 Å². The van der Waals surface area contributed by atoms with Gasteiger partial charge in [0, 0.05) is 12.3 Å². The number of hydrogen-bond donors (Lipinski definition) is 1. The Hall–Kier alpha value is -2.96. The summed E-state index contributed by atoms with van der Waals surface area (Å²) in [6.45, 7) is 0.739. The summed E-state index contributed by atoms with van der Waals surface area (Å²) < 4.78 is 2.27. The van der Waals surface area contributed by atoms with Gasteiger partial charge in [-0.25, -0.2) is 4.68 Å². The number of ketones is 1. The summed E-state index contributed by atoms with van der Waals surface area (Å²) in [4.78, 5) is 34.9. The van der Waals surface area contributed by atoms with Gasteiger partial charge in [0.05, 0.1) is 5.52 Å². The highest BCUT2D eigenvalue weighted by Gasteiger charge is 2.17. The van der Waals surface area contributed by atoms with E-state index in [-0.39, 0.29) is 17.1 Å². The van der Waals surface area contributed by atoms with E-state index in [9.17, 15) is 14.4 Å². The highest BCUT2D eigenvalue weighted by atomic mass is 16.4. The molecule has 0 aliphatic heterocycles. The Kier molecular flexibility index (Phi) is 2.83. The maximum atomic E-state index is 12.3. The lowest BCUT2D eigenvalue weighted by molar-refractivity contribution is -0.138. The van der Waals surface area contributed by atoms with E-state index in [1.54, 1.807) is 18.2 Å². The number of rotatable bonds is 3. The molecule has 0 spiro atoms. The zero-order valence-electron chi connectivity index (χ0n) is 11.1. The Morgan fingerprint density at radius 2 is 1.95 bits per heavy atom. The third-order valence-electron chi connectivity index (χ3n) is 3.19. The number of carboxylic acid groups (broad SMARTS) is 1. The summed E-state index contributed by atoms with van der Waals surface area (Å²) in [6.07, 6.45) is 0. The third kappa shape index (κ3) is 1.99. The summed E-state index contributed by atoms with van der Waals surface area (Å²) in [5.41, 5.74) is 0.376. The monoisotopic (exact) mass is 285 g/mol. The van der Waals surface area contributed by atoms with Crippen molar-refractivity contribution in [3.05, 3.63) is 46.5 Å². The first-order valence-electron chi connectivity index (χ1n) is 6.23. The van der Waals surface area contributed by atoms with Crippen molar-refractivity contribution in [1.29, 1.82) is 0 Å². The van der Waals surface area contributed by atoms with Crippen LogP contribution in [0.25, 0.3) is 16.4 Å². The molecule has 106 valence electrons. The zero-order chi connectivity index (χ0) is 15.1. The minimum absolute atomic E-state index is 0.0343. The molecular weight excluding hydrogens is 274 g/mol. The normalized spacial score (nSPS) is 11.1. The van der Waals surface area contributed by atoms with Gasteiger partial charge in [0.1, 0.15) is 12.1 Å². The number of para-hydroxylation sites is 1. The molecule has 3 rings (SSSR count). The fourth-order valence-electron chi connectivity index (χ4n) is 2.34. The average Bonchev–Trinajstić information content (AvgIpc) is 2.81. The Morgan fingerprint density at radius 1 is 1.24 bits per heavy atom. The molecule has 0 amide bonds. The molecule has 1 aromatic carbocycles. The standard InChI is InChI=1S/C14H11N3O4/c1-8(18)13-15-16(7-12(19)20)14(21)11-6-9-4-2-3-5-10(9)17(11)13/h2-6H,7H2,1H3,(H,19,20). The smallest absolute Gasteiger partial charge is 0.325 e. The molecule has 0 saturated carbocycles. The van der Waals surface area contributed by atoms with Crippen LogP contribution in [-0.2, 0) is 11.3 Å². The number of aromatic nitrogens is 3. The second-order valence-electron chi connectivity index (χ2n) is 4.66. The molecule has 2 heterocycles. The minimum Gasteiger partial charge on any atom is -0.480 e. The molecule has 3 aromatic rings. The Labute approximate surface area is 118 Å². The SMILES string of the molecule is CC(=O)c1nn(CC(=O)O)c(=O)c2cc3ccccc3n12. The summed E-state index contributed by atoms with van der Waals surface area (Å²) >= 11 is 0. The number of hydrogen-bond acceptors (Lipinski definition) is 4. The second kappa shape index (κ2) is 4.55. The van der Waals surface area contributed by atoms with Crippen molar-refractivity contribution >= 4 is 28.2 Å². The number of carbonyl (C=O) groups is 2. The van der Waals surface area contributed by atoms with Crippen molar-refractivity contribution in [2.24, 2.45) is 0 Å². The van der Waals surface area contributed by atoms with Crippen LogP contribution >= 0.6 is 0 Å². The van der Waals surface area contributed by atoms with E-state index in [1.807, 2.05) is 12.1 Å². The molecule has 2 aromatic heterocycles. The van der Waals surface area contributed by atoms with Gasteiger partial charge >= 0.3 is 5.97 Å². The maximum absolute atomic E-state index is 12.3. The van der Waals surface area contributed by atoms with E-state index < -0.39 is 18.1 Å². The van der Waals surface area contributed by atoms with Gasteiger partial charge in [-0.3, -0.25) is 18.8 Å². The number of Topliss-reactive ketones (excluding diaryl/α,β-unsaturated/α-hetero) is 1. The molecule has 0 aliphatic rings. The first kappa shape index (κ1) is 13.0. The number of aliphatic carboxylic acids is 1. The highest BCUT2D eigenvalue weighted by molar-refractivity contribution is 5.95. The fraction of sp³-hybridized carbons (Fsp3) is 0.143. The third-order valence-corrected chi connectivity index (χ3v) is 3.19. The van der Waals surface area contributed by atoms with Crippen molar-refractivity contribution in [3.8, 4) is 0 Å². The largest absolute Gasteiger partial charge is 0.480 e. The molecule has 0 aliphatic carbocycles.